The molecular weight excluding hydrogens is 262 g/mol. The molecule has 20 heavy (non-hydrogen) atoms. The molecule has 0 spiro atoms. The fourth-order valence-electron chi connectivity index (χ4n) is 2.06. The lowest BCUT2D eigenvalue weighted by molar-refractivity contribution is 0.430. The van der Waals surface area contributed by atoms with Crippen LogP contribution >= 0.6 is 0 Å². The lowest BCUT2D eigenvalue weighted by atomic mass is 10.1. The fourth-order valence-corrected chi connectivity index (χ4v) is 2.06. The van der Waals surface area contributed by atoms with Gasteiger partial charge in [-0.05, 0) is 24.3 Å². The highest BCUT2D eigenvalue weighted by Crippen LogP contribution is 2.23. The number of fused-ring (bicyclic) bond motifs is 1. The number of benzene rings is 1. The molecule has 2 heterocycles. The molecule has 0 saturated heterocycles. The third kappa shape index (κ3) is 2.05. The van der Waals surface area contributed by atoms with Gasteiger partial charge in [0, 0.05) is 24.2 Å². The summed E-state index contributed by atoms with van der Waals surface area (Å²) >= 11 is 0. The fraction of sp³-hybridized carbons (Fsp3) is 0.0714. The van der Waals surface area contributed by atoms with Crippen molar-refractivity contribution < 1.29 is 8.78 Å². The van der Waals surface area contributed by atoms with Gasteiger partial charge in [0.05, 0.1) is 17.6 Å². The summed E-state index contributed by atoms with van der Waals surface area (Å²) in [6.07, 6.45) is 9.86. The van der Waals surface area contributed by atoms with E-state index < -0.39 is 11.6 Å². The van der Waals surface area contributed by atoms with Crippen LogP contribution in [-0.2, 0) is 0 Å². The van der Waals surface area contributed by atoms with E-state index in [1.807, 2.05) is 11.1 Å². The summed E-state index contributed by atoms with van der Waals surface area (Å²) in [5, 5.41) is 3.07. The minimum absolute atomic E-state index is 0.0600. The van der Waals surface area contributed by atoms with E-state index in [-0.39, 0.29) is 17.4 Å². The van der Waals surface area contributed by atoms with E-state index in [9.17, 15) is 8.78 Å². The van der Waals surface area contributed by atoms with Crippen molar-refractivity contribution in [1.82, 2.24) is 10.2 Å². The van der Waals surface area contributed by atoms with Crippen LogP contribution in [0.4, 0.5) is 14.5 Å². The minimum Gasteiger partial charge on any atom is -0.396 e. The third-order valence-corrected chi connectivity index (χ3v) is 3.11. The van der Waals surface area contributed by atoms with Gasteiger partial charge < -0.3 is 16.0 Å². The van der Waals surface area contributed by atoms with E-state index >= 15 is 0 Å². The van der Waals surface area contributed by atoms with Crippen molar-refractivity contribution in [1.29, 1.82) is 0 Å². The van der Waals surface area contributed by atoms with Gasteiger partial charge in [-0.3, -0.25) is 4.99 Å². The van der Waals surface area contributed by atoms with Crippen molar-refractivity contribution in [2.45, 2.75) is 6.17 Å². The number of anilines is 1. The first kappa shape index (κ1) is 12.4. The maximum atomic E-state index is 13.8. The number of halogens is 2. The molecule has 1 atom stereocenters. The van der Waals surface area contributed by atoms with Crippen LogP contribution in [0, 0.1) is 11.6 Å². The van der Waals surface area contributed by atoms with Crippen molar-refractivity contribution in [2.75, 3.05) is 5.73 Å². The number of nitrogens with two attached hydrogens (primary N) is 1. The van der Waals surface area contributed by atoms with Crippen molar-refractivity contribution in [3.8, 4) is 0 Å². The number of nitrogen functional groups attached to an aromatic ring is 1. The Morgan fingerprint density at radius 3 is 3.00 bits per heavy atom. The summed E-state index contributed by atoms with van der Waals surface area (Å²) < 4.78 is 27.4. The molecular formula is C14H12F2N4. The molecule has 1 unspecified atom stereocenters. The van der Waals surface area contributed by atoms with E-state index in [2.05, 4.69) is 10.3 Å². The molecule has 2 aliphatic rings. The SMILES string of the molecule is Nc1ccc(F)c(C=CC2=CN=CC3NC=CN23)c1F. The molecule has 0 aliphatic carbocycles. The normalized spacial score (nSPS) is 20.2. The number of nitrogens with one attached hydrogen (secondary N) is 1. The molecule has 1 aromatic rings. The van der Waals surface area contributed by atoms with Crippen molar-refractivity contribution in [2.24, 2.45) is 4.99 Å². The van der Waals surface area contributed by atoms with E-state index in [1.54, 1.807) is 24.7 Å². The van der Waals surface area contributed by atoms with Crippen LogP contribution in [0.25, 0.3) is 6.08 Å². The molecule has 2 aliphatic heterocycles. The van der Waals surface area contributed by atoms with Crippen LogP contribution in [0.5, 0.6) is 0 Å². The average molecular weight is 274 g/mol. The van der Waals surface area contributed by atoms with Gasteiger partial charge in [0.15, 0.2) is 5.82 Å². The van der Waals surface area contributed by atoms with Crippen molar-refractivity contribution in [3.05, 3.63) is 59.7 Å². The number of aliphatic imine (C=N–C) groups is 1. The standard InChI is InChI=1S/C14H12F2N4/c15-11-3-4-12(17)14(16)10(11)2-1-9-7-18-8-13-19-5-6-20(9)13/h1-8,13,19H,17H2. The van der Waals surface area contributed by atoms with E-state index in [4.69, 9.17) is 5.73 Å². The first-order chi connectivity index (χ1) is 9.66. The molecule has 0 radical (unpaired) electrons. The molecule has 0 bridgehead atoms. The molecule has 1 aromatic carbocycles. The van der Waals surface area contributed by atoms with Gasteiger partial charge >= 0.3 is 0 Å². The Morgan fingerprint density at radius 2 is 2.15 bits per heavy atom. The van der Waals surface area contributed by atoms with Gasteiger partial charge in [-0.2, -0.15) is 0 Å². The monoisotopic (exact) mass is 274 g/mol. The maximum absolute atomic E-state index is 13.8. The predicted octanol–water partition coefficient (Wildman–Crippen LogP) is 2.19. The smallest absolute Gasteiger partial charge is 0.156 e. The van der Waals surface area contributed by atoms with Gasteiger partial charge in [0.25, 0.3) is 0 Å². The topological polar surface area (TPSA) is 53.6 Å². The Labute approximate surface area is 114 Å². The zero-order valence-corrected chi connectivity index (χ0v) is 10.4. The Bertz CT molecular complexity index is 661. The predicted molar refractivity (Wildman–Crippen MR) is 74.3 cm³/mol. The van der Waals surface area contributed by atoms with E-state index in [1.165, 1.54) is 12.1 Å². The Hall–Kier alpha value is -2.63. The third-order valence-electron chi connectivity index (χ3n) is 3.11. The second kappa shape index (κ2) is 4.80. The van der Waals surface area contributed by atoms with Crippen molar-refractivity contribution >= 4 is 18.0 Å². The summed E-state index contributed by atoms with van der Waals surface area (Å²) in [4.78, 5) is 5.98. The largest absolute Gasteiger partial charge is 0.396 e. The van der Waals surface area contributed by atoms with Crippen LogP contribution in [0.1, 0.15) is 5.56 Å². The summed E-state index contributed by atoms with van der Waals surface area (Å²) in [5.41, 5.74) is 5.92. The van der Waals surface area contributed by atoms with E-state index in [0.29, 0.717) is 0 Å². The van der Waals surface area contributed by atoms with Gasteiger partial charge in [-0.15, -0.1) is 0 Å². The molecule has 0 fully saturated rings. The van der Waals surface area contributed by atoms with Crippen LogP contribution < -0.4 is 11.1 Å². The summed E-state index contributed by atoms with van der Waals surface area (Å²) in [7, 11) is 0. The Kier molecular flexibility index (Phi) is 2.98. The van der Waals surface area contributed by atoms with E-state index in [0.717, 1.165) is 11.8 Å². The Balaban J connectivity index is 1.92. The highest BCUT2D eigenvalue weighted by molar-refractivity contribution is 5.69. The average Bonchev–Trinajstić information content (AvgIpc) is 2.92. The van der Waals surface area contributed by atoms with Crippen LogP contribution in [0.15, 0.2) is 47.5 Å². The van der Waals surface area contributed by atoms with Crippen LogP contribution in [0.2, 0.25) is 0 Å². The molecule has 0 aromatic heterocycles. The second-order valence-electron chi connectivity index (χ2n) is 4.38. The number of hydrogen-bond acceptors (Lipinski definition) is 4. The lowest BCUT2D eigenvalue weighted by Crippen LogP contribution is -2.37. The zero-order valence-electron chi connectivity index (χ0n) is 10.4. The van der Waals surface area contributed by atoms with Gasteiger partial charge in [-0.25, -0.2) is 8.78 Å². The van der Waals surface area contributed by atoms with Crippen LogP contribution in [-0.4, -0.2) is 17.3 Å². The highest BCUT2D eigenvalue weighted by atomic mass is 19.1. The number of nitrogens with zero attached hydrogens (tertiary/aromatic N) is 2. The number of allylic oxidation sites excluding steroid dienone is 1. The first-order valence-corrected chi connectivity index (χ1v) is 6.03. The van der Waals surface area contributed by atoms with Crippen LogP contribution in [0.3, 0.4) is 0 Å². The van der Waals surface area contributed by atoms with Gasteiger partial charge in [-0.1, -0.05) is 0 Å². The number of hydrogen-bond donors (Lipinski definition) is 2. The molecule has 3 rings (SSSR count). The molecule has 4 nitrogen and oxygen atoms in total. The quantitative estimate of drug-likeness (QED) is 0.813. The lowest BCUT2D eigenvalue weighted by Gasteiger charge is -2.25. The summed E-state index contributed by atoms with van der Waals surface area (Å²) in [5.74, 6) is -1.41. The first-order valence-electron chi connectivity index (χ1n) is 6.03. The molecule has 0 amide bonds. The minimum atomic E-state index is -0.757. The second-order valence-corrected chi connectivity index (χ2v) is 4.38. The number of rotatable bonds is 2. The Morgan fingerprint density at radius 1 is 1.30 bits per heavy atom. The molecule has 102 valence electrons. The van der Waals surface area contributed by atoms with Gasteiger partial charge in [0.2, 0.25) is 0 Å². The summed E-state index contributed by atoms with van der Waals surface area (Å²) in [6, 6.07) is 2.35. The zero-order chi connectivity index (χ0) is 14.1. The molecule has 3 N–H and O–H groups in total. The van der Waals surface area contributed by atoms with Gasteiger partial charge in [0.1, 0.15) is 12.0 Å². The summed E-state index contributed by atoms with van der Waals surface area (Å²) in [6.45, 7) is 0. The molecule has 0 saturated carbocycles. The maximum Gasteiger partial charge on any atom is 0.156 e. The highest BCUT2D eigenvalue weighted by Gasteiger charge is 2.21. The van der Waals surface area contributed by atoms with Crippen molar-refractivity contribution in [3.63, 3.8) is 0 Å². The molecule has 6 heteroatoms.